The van der Waals surface area contributed by atoms with E-state index in [4.69, 9.17) is 9.84 Å². The van der Waals surface area contributed by atoms with Crippen molar-refractivity contribution in [1.29, 1.82) is 0 Å². The van der Waals surface area contributed by atoms with Crippen LogP contribution in [0, 0.1) is 5.82 Å². The molecular formula is C11H14FNO3. The quantitative estimate of drug-likeness (QED) is 0.778. The highest BCUT2D eigenvalue weighted by Crippen LogP contribution is 2.13. The normalized spacial score (nSPS) is 11.9. The van der Waals surface area contributed by atoms with E-state index in [9.17, 15) is 9.18 Å². The Bertz CT molecular complexity index is 357. The summed E-state index contributed by atoms with van der Waals surface area (Å²) in [6.45, 7) is 1.60. The van der Waals surface area contributed by atoms with Crippen LogP contribution in [0.2, 0.25) is 0 Å². The van der Waals surface area contributed by atoms with E-state index >= 15 is 0 Å². The van der Waals surface area contributed by atoms with E-state index in [-0.39, 0.29) is 19.1 Å². The molecule has 0 fully saturated rings. The minimum absolute atomic E-state index is 0.127. The van der Waals surface area contributed by atoms with Crippen LogP contribution in [0.15, 0.2) is 24.3 Å². The van der Waals surface area contributed by atoms with Crippen molar-refractivity contribution in [3.05, 3.63) is 30.1 Å². The van der Waals surface area contributed by atoms with Crippen LogP contribution in [0.1, 0.15) is 6.92 Å². The Morgan fingerprint density at radius 2 is 2.38 bits per heavy atom. The van der Waals surface area contributed by atoms with Crippen LogP contribution < -0.4 is 10.1 Å². The lowest BCUT2D eigenvalue weighted by molar-refractivity contribution is -0.127. The van der Waals surface area contributed by atoms with Gasteiger partial charge in [0, 0.05) is 12.6 Å². The monoisotopic (exact) mass is 227 g/mol. The van der Waals surface area contributed by atoms with E-state index in [1.165, 1.54) is 18.2 Å². The predicted molar refractivity (Wildman–Crippen MR) is 56.6 cm³/mol. The van der Waals surface area contributed by atoms with Gasteiger partial charge in [-0.15, -0.1) is 0 Å². The van der Waals surface area contributed by atoms with E-state index in [1.54, 1.807) is 13.0 Å². The summed E-state index contributed by atoms with van der Waals surface area (Å²) < 4.78 is 18.0. The maximum Gasteiger partial charge on any atom is 0.260 e. The van der Waals surface area contributed by atoms with Gasteiger partial charge in [-0.3, -0.25) is 4.79 Å². The molecule has 4 nitrogen and oxygen atoms in total. The SMILES string of the molecule is CC(Oc1cccc(F)c1)C(=O)NCCO. The average Bonchev–Trinajstić information content (AvgIpc) is 2.25. The van der Waals surface area contributed by atoms with Crippen LogP contribution >= 0.6 is 0 Å². The molecule has 0 radical (unpaired) electrons. The number of rotatable bonds is 5. The molecule has 0 aliphatic carbocycles. The van der Waals surface area contributed by atoms with Gasteiger partial charge in [0.15, 0.2) is 6.10 Å². The molecule has 2 N–H and O–H groups in total. The van der Waals surface area contributed by atoms with Crippen molar-refractivity contribution in [2.45, 2.75) is 13.0 Å². The highest BCUT2D eigenvalue weighted by atomic mass is 19.1. The van der Waals surface area contributed by atoms with Crippen LogP contribution in [-0.4, -0.2) is 30.3 Å². The molecule has 0 saturated heterocycles. The summed E-state index contributed by atoms with van der Waals surface area (Å²) in [7, 11) is 0. The fraction of sp³-hybridized carbons (Fsp3) is 0.364. The number of hydrogen-bond donors (Lipinski definition) is 2. The fourth-order valence-corrected chi connectivity index (χ4v) is 1.12. The number of aliphatic hydroxyl groups is 1. The number of ether oxygens (including phenoxy) is 1. The summed E-state index contributed by atoms with van der Waals surface area (Å²) in [6.07, 6.45) is -0.728. The Kier molecular flexibility index (Phi) is 4.72. The van der Waals surface area contributed by atoms with Gasteiger partial charge in [0.2, 0.25) is 0 Å². The first-order valence-electron chi connectivity index (χ1n) is 4.94. The summed E-state index contributed by atoms with van der Waals surface area (Å²) in [5.74, 6) is -0.467. The number of nitrogens with one attached hydrogen (secondary N) is 1. The molecule has 1 amide bonds. The van der Waals surface area contributed by atoms with Crippen molar-refractivity contribution in [2.24, 2.45) is 0 Å². The molecule has 1 atom stereocenters. The number of hydrogen-bond acceptors (Lipinski definition) is 3. The van der Waals surface area contributed by atoms with Gasteiger partial charge in [0.1, 0.15) is 11.6 Å². The van der Waals surface area contributed by atoms with Gasteiger partial charge in [-0.05, 0) is 19.1 Å². The van der Waals surface area contributed by atoms with E-state index in [0.29, 0.717) is 5.75 Å². The standard InChI is InChI=1S/C11H14FNO3/c1-8(11(15)13-5-6-14)16-10-4-2-3-9(12)7-10/h2-4,7-8,14H,5-6H2,1H3,(H,13,15). The average molecular weight is 227 g/mol. The van der Waals surface area contributed by atoms with Gasteiger partial charge in [-0.1, -0.05) is 6.07 Å². The second-order valence-electron chi connectivity index (χ2n) is 3.23. The van der Waals surface area contributed by atoms with E-state index in [2.05, 4.69) is 5.32 Å². The molecule has 1 rings (SSSR count). The fourth-order valence-electron chi connectivity index (χ4n) is 1.12. The molecule has 88 valence electrons. The molecule has 16 heavy (non-hydrogen) atoms. The first kappa shape index (κ1) is 12.4. The van der Waals surface area contributed by atoms with Gasteiger partial charge < -0.3 is 15.2 Å². The zero-order valence-electron chi connectivity index (χ0n) is 8.94. The molecule has 0 spiro atoms. The predicted octanol–water partition coefficient (Wildman–Crippen LogP) is 0.701. The Morgan fingerprint density at radius 3 is 3.00 bits per heavy atom. The second-order valence-corrected chi connectivity index (χ2v) is 3.23. The molecule has 1 unspecified atom stereocenters. The van der Waals surface area contributed by atoms with E-state index in [1.807, 2.05) is 0 Å². The number of amides is 1. The summed E-state index contributed by atoms with van der Waals surface area (Å²) >= 11 is 0. The number of aliphatic hydroxyl groups excluding tert-OH is 1. The minimum atomic E-state index is -0.728. The number of carbonyl (C=O) groups excluding carboxylic acids is 1. The van der Waals surface area contributed by atoms with Crippen molar-refractivity contribution in [1.82, 2.24) is 5.32 Å². The lowest BCUT2D eigenvalue weighted by atomic mass is 10.3. The highest BCUT2D eigenvalue weighted by Gasteiger charge is 2.13. The third-order valence-electron chi connectivity index (χ3n) is 1.89. The Morgan fingerprint density at radius 1 is 1.62 bits per heavy atom. The molecule has 0 heterocycles. The lowest BCUT2D eigenvalue weighted by Crippen LogP contribution is -2.37. The number of halogens is 1. The summed E-state index contributed by atoms with van der Waals surface area (Å²) in [4.78, 5) is 11.4. The molecule has 0 saturated carbocycles. The number of carbonyl (C=O) groups is 1. The van der Waals surface area contributed by atoms with Crippen LogP contribution in [0.4, 0.5) is 4.39 Å². The molecule has 1 aromatic carbocycles. The zero-order chi connectivity index (χ0) is 12.0. The van der Waals surface area contributed by atoms with E-state index < -0.39 is 11.9 Å². The second kappa shape index (κ2) is 6.07. The third kappa shape index (κ3) is 3.86. The van der Waals surface area contributed by atoms with Gasteiger partial charge >= 0.3 is 0 Å². The summed E-state index contributed by atoms with van der Waals surface area (Å²) in [5.41, 5.74) is 0. The van der Waals surface area contributed by atoms with Gasteiger partial charge in [0.25, 0.3) is 5.91 Å². The van der Waals surface area contributed by atoms with Gasteiger partial charge in [-0.2, -0.15) is 0 Å². The van der Waals surface area contributed by atoms with Crippen molar-refractivity contribution in [3.63, 3.8) is 0 Å². The first-order valence-corrected chi connectivity index (χ1v) is 4.94. The van der Waals surface area contributed by atoms with Crippen molar-refractivity contribution < 1.29 is 19.0 Å². The van der Waals surface area contributed by atoms with Crippen molar-refractivity contribution in [2.75, 3.05) is 13.2 Å². The van der Waals surface area contributed by atoms with Crippen LogP contribution in [-0.2, 0) is 4.79 Å². The molecule has 0 bridgehead atoms. The molecule has 0 aliphatic rings. The summed E-state index contributed by atoms with van der Waals surface area (Å²) in [5, 5.41) is 11.0. The lowest BCUT2D eigenvalue weighted by Gasteiger charge is -2.14. The van der Waals surface area contributed by atoms with Crippen molar-refractivity contribution in [3.8, 4) is 5.75 Å². The molecule has 0 aromatic heterocycles. The Labute approximate surface area is 93.0 Å². The molecule has 5 heteroatoms. The maximum absolute atomic E-state index is 12.8. The molecule has 1 aromatic rings. The zero-order valence-corrected chi connectivity index (χ0v) is 8.94. The van der Waals surface area contributed by atoms with Gasteiger partial charge in [0.05, 0.1) is 6.61 Å². The Hall–Kier alpha value is -1.62. The van der Waals surface area contributed by atoms with Gasteiger partial charge in [-0.25, -0.2) is 4.39 Å². The molecule has 0 aliphatic heterocycles. The van der Waals surface area contributed by atoms with Crippen LogP contribution in [0.5, 0.6) is 5.75 Å². The van der Waals surface area contributed by atoms with Crippen LogP contribution in [0.3, 0.4) is 0 Å². The largest absolute Gasteiger partial charge is 0.481 e. The van der Waals surface area contributed by atoms with Crippen molar-refractivity contribution >= 4 is 5.91 Å². The highest BCUT2D eigenvalue weighted by molar-refractivity contribution is 5.80. The minimum Gasteiger partial charge on any atom is -0.481 e. The summed E-state index contributed by atoms with van der Waals surface area (Å²) in [6, 6.07) is 5.57. The molecular weight excluding hydrogens is 213 g/mol. The van der Waals surface area contributed by atoms with E-state index in [0.717, 1.165) is 0 Å². The topological polar surface area (TPSA) is 58.6 Å². The smallest absolute Gasteiger partial charge is 0.260 e. The maximum atomic E-state index is 12.8. The Balaban J connectivity index is 2.50. The first-order chi connectivity index (χ1) is 7.63. The number of benzene rings is 1. The third-order valence-corrected chi connectivity index (χ3v) is 1.89. The van der Waals surface area contributed by atoms with Crippen LogP contribution in [0.25, 0.3) is 0 Å².